The number of amides is 1. The van der Waals surface area contributed by atoms with Crippen LogP contribution in [0.1, 0.15) is 26.2 Å². The van der Waals surface area contributed by atoms with Crippen LogP contribution in [0.25, 0.3) is 10.9 Å². The number of ether oxygens (including phenoxy) is 1. The molecule has 1 atom stereocenters. The first-order chi connectivity index (χ1) is 12.9. The number of likely N-dealkylation sites (tertiary alicyclic amines) is 2. The summed E-state index contributed by atoms with van der Waals surface area (Å²) in [6.07, 6.45) is 4.84. The Balaban J connectivity index is 1.32. The Bertz CT molecular complexity index is 825. The molecule has 4 rings (SSSR count). The zero-order chi connectivity index (χ0) is 19.0. The van der Waals surface area contributed by atoms with Gasteiger partial charge in [0.2, 0.25) is 5.91 Å². The van der Waals surface area contributed by atoms with Crippen molar-refractivity contribution < 1.29 is 14.6 Å². The van der Waals surface area contributed by atoms with E-state index in [9.17, 15) is 9.90 Å². The lowest BCUT2D eigenvalue weighted by molar-refractivity contribution is -0.129. The fourth-order valence-corrected chi connectivity index (χ4v) is 4.41. The minimum Gasteiger partial charge on any atom is -0.490 e. The normalized spacial score (nSPS) is 24.6. The molecule has 1 unspecified atom stereocenters. The molecule has 0 radical (unpaired) electrons. The minimum atomic E-state index is -0.769. The van der Waals surface area contributed by atoms with Crippen molar-refractivity contribution in [1.82, 2.24) is 14.4 Å². The van der Waals surface area contributed by atoms with Crippen molar-refractivity contribution >= 4 is 16.8 Å². The molecule has 146 valence electrons. The van der Waals surface area contributed by atoms with Crippen molar-refractivity contribution in [3.63, 3.8) is 0 Å². The number of carbonyl (C=O) groups is 1. The molecule has 2 aliphatic heterocycles. The Morgan fingerprint density at radius 3 is 2.74 bits per heavy atom. The number of carbonyl (C=O) groups excluding carboxylic acids is 1. The van der Waals surface area contributed by atoms with E-state index in [1.165, 1.54) is 5.52 Å². The third-order valence-corrected chi connectivity index (χ3v) is 6.01. The summed E-state index contributed by atoms with van der Waals surface area (Å²) in [5.41, 5.74) is 0.415. The number of aryl methyl sites for hydroxylation is 1. The van der Waals surface area contributed by atoms with E-state index in [0.717, 1.165) is 37.1 Å². The number of hydrogen-bond donors (Lipinski definition) is 1. The molecule has 3 heterocycles. The molecule has 2 fully saturated rings. The molecule has 0 aliphatic carbocycles. The van der Waals surface area contributed by atoms with Gasteiger partial charge in [-0.3, -0.25) is 4.79 Å². The Morgan fingerprint density at radius 2 is 2.04 bits per heavy atom. The number of β-amino-alcohol motifs (C(OH)–C–C–N with tert-alkyl or cyclic N) is 1. The molecule has 27 heavy (non-hydrogen) atoms. The molecule has 2 saturated heterocycles. The molecule has 0 saturated carbocycles. The van der Waals surface area contributed by atoms with Gasteiger partial charge in [0.1, 0.15) is 11.9 Å². The lowest BCUT2D eigenvalue weighted by Gasteiger charge is -2.36. The highest BCUT2D eigenvalue weighted by atomic mass is 16.5. The standard InChI is InChI=1S/C21H29N3O3/c1-16(25)24-13-9-21(26,15-24)14-23-11-6-17(7-12-23)27-20-5-3-4-19-18(20)8-10-22(19)2/h3-5,8,10,17,26H,6-7,9,11-15H2,1-2H3. The molecule has 2 aliphatic rings. The maximum atomic E-state index is 11.5. The summed E-state index contributed by atoms with van der Waals surface area (Å²) in [4.78, 5) is 15.6. The summed E-state index contributed by atoms with van der Waals surface area (Å²) < 4.78 is 8.43. The largest absolute Gasteiger partial charge is 0.490 e. The van der Waals surface area contributed by atoms with Crippen LogP contribution in [0.2, 0.25) is 0 Å². The summed E-state index contributed by atoms with van der Waals surface area (Å²) in [5.74, 6) is 1.01. The smallest absolute Gasteiger partial charge is 0.219 e. The van der Waals surface area contributed by atoms with Crippen LogP contribution in [0.3, 0.4) is 0 Å². The lowest BCUT2D eigenvalue weighted by Crippen LogP contribution is -2.49. The second kappa shape index (κ2) is 7.17. The van der Waals surface area contributed by atoms with E-state index in [4.69, 9.17) is 4.74 Å². The summed E-state index contributed by atoms with van der Waals surface area (Å²) in [6, 6.07) is 8.31. The lowest BCUT2D eigenvalue weighted by atomic mass is 10.00. The quantitative estimate of drug-likeness (QED) is 0.893. The van der Waals surface area contributed by atoms with Crippen LogP contribution >= 0.6 is 0 Å². The maximum Gasteiger partial charge on any atom is 0.219 e. The first kappa shape index (κ1) is 18.3. The van der Waals surface area contributed by atoms with Crippen molar-refractivity contribution in [2.45, 2.75) is 37.9 Å². The highest BCUT2D eigenvalue weighted by molar-refractivity contribution is 5.86. The second-order valence-corrected chi connectivity index (χ2v) is 8.12. The van der Waals surface area contributed by atoms with E-state index in [1.807, 2.05) is 19.2 Å². The predicted octanol–water partition coefficient (Wildman–Crippen LogP) is 2.00. The number of hydrogen-bond acceptors (Lipinski definition) is 4. The van der Waals surface area contributed by atoms with Gasteiger partial charge in [-0.05, 0) is 37.5 Å². The van der Waals surface area contributed by atoms with Crippen molar-refractivity contribution in [1.29, 1.82) is 0 Å². The monoisotopic (exact) mass is 371 g/mol. The van der Waals surface area contributed by atoms with Crippen LogP contribution in [0.4, 0.5) is 0 Å². The number of nitrogens with zero attached hydrogens (tertiary/aromatic N) is 3. The predicted molar refractivity (Wildman–Crippen MR) is 105 cm³/mol. The Hall–Kier alpha value is -2.05. The fourth-order valence-electron chi connectivity index (χ4n) is 4.41. The van der Waals surface area contributed by atoms with Crippen LogP contribution in [0.15, 0.2) is 30.5 Å². The van der Waals surface area contributed by atoms with Gasteiger partial charge in [0.05, 0.1) is 17.7 Å². The topological polar surface area (TPSA) is 57.9 Å². The van der Waals surface area contributed by atoms with Crippen LogP contribution < -0.4 is 4.74 Å². The fraction of sp³-hybridized carbons (Fsp3) is 0.571. The SMILES string of the molecule is CC(=O)N1CCC(O)(CN2CCC(Oc3cccc4c3ccn4C)CC2)C1. The van der Waals surface area contributed by atoms with Gasteiger partial charge in [-0.15, -0.1) is 0 Å². The number of aliphatic hydroxyl groups is 1. The van der Waals surface area contributed by atoms with Gasteiger partial charge in [-0.25, -0.2) is 0 Å². The van der Waals surface area contributed by atoms with Crippen LogP contribution in [0, 0.1) is 0 Å². The Morgan fingerprint density at radius 1 is 1.26 bits per heavy atom. The average Bonchev–Trinajstić information content (AvgIpc) is 3.21. The van der Waals surface area contributed by atoms with Gasteiger partial charge >= 0.3 is 0 Å². The Kier molecular flexibility index (Phi) is 4.86. The van der Waals surface area contributed by atoms with Crippen molar-refractivity contribution in [2.75, 3.05) is 32.7 Å². The van der Waals surface area contributed by atoms with E-state index in [2.05, 4.69) is 27.8 Å². The molecule has 1 N–H and O–H groups in total. The van der Waals surface area contributed by atoms with Crippen molar-refractivity contribution in [3.8, 4) is 5.75 Å². The van der Waals surface area contributed by atoms with Crippen molar-refractivity contribution in [2.24, 2.45) is 7.05 Å². The molecule has 0 bridgehead atoms. The summed E-state index contributed by atoms with van der Waals surface area (Å²) in [6.45, 7) is 5.15. The molecule has 6 heteroatoms. The first-order valence-corrected chi connectivity index (χ1v) is 9.84. The van der Waals surface area contributed by atoms with Crippen LogP contribution in [-0.4, -0.2) is 69.8 Å². The van der Waals surface area contributed by atoms with Crippen molar-refractivity contribution in [3.05, 3.63) is 30.5 Å². The molecule has 1 aromatic carbocycles. The van der Waals surface area contributed by atoms with Gasteiger partial charge < -0.3 is 24.2 Å². The van der Waals surface area contributed by atoms with Gasteiger partial charge in [-0.1, -0.05) is 6.07 Å². The zero-order valence-electron chi connectivity index (χ0n) is 16.2. The summed E-state index contributed by atoms with van der Waals surface area (Å²) in [5, 5.41) is 12.0. The molecule has 2 aromatic rings. The Labute approximate surface area is 160 Å². The highest BCUT2D eigenvalue weighted by Gasteiger charge is 2.39. The summed E-state index contributed by atoms with van der Waals surface area (Å²) >= 11 is 0. The van der Waals surface area contributed by atoms with E-state index < -0.39 is 5.60 Å². The molecular weight excluding hydrogens is 342 g/mol. The third-order valence-electron chi connectivity index (χ3n) is 6.01. The van der Waals surface area contributed by atoms with Gasteiger partial charge in [0.15, 0.2) is 0 Å². The molecule has 1 aromatic heterocycles. The van der Waals surface area contributed by atoms with E-state index in [-0.39, 0.29) is 12.0 Å². The van der Waals surface area contributed by atoms with Crippen LogP contribution in [0.5, 0.6) is 5.75 Å². The second-order valence-electron chi connectivity index (χ2n) is 8.12. The first-order valence-electron chi connectivity index (χ1n) is 9.84. The summed E-state index contributed by atoms with van der Waals surface area (Å²) in [7, 11) is 2.05. The number of benzene rings is 1. The average molecular weight is 371 g/mol. The highest BCUT2D eigenvalue weighted by Crippen LogP contribution is 2.29. The molecule has 1 amide bonds. The van der Waals surface area contributed by atoms with E-state index >= 15 is 0 Å². The third kappa shape index (κ3) is 3.82. The van der Waals surface area contributed by atoms with Gasteiger partial charge in [0, 0.05) is 51.7 Å². The van der Waals surface area contributed by atoms with Gasteiger partial charge in [0.25, 0.3) is 0 Å². The molecular formula is C21H29N3O3. The van der Waals surface area contributed by atoms with Crippen LogP contribution in [-0.2, 0) is 11.8 Å². The zero-order valence-corrected chi connectivity index (χ0v) is 16.2. The van der Waals surface area contributed by atoms with E-state index in [1.54, 1.807) is 11.8 Å². The maximum absolute atomic E-state index is 11.5. The van der Waals surface area contributed by atoms with E-state index in [0.29, 0.717) is 26.1 Å². The number of rotatable bonds is 4. The molecule has 0 spiro atoms. The molecule has 6 nitrogen and oxygen atoms in total. The number of fused-ring (bicyclic) bond motifs is 1. The van der Waals surface area contributed by atoms with Gasteiger partial charge in [-0.2, -0.15) is 0 Å². The number of piperidine rings is 1. The minimum absolute atomic E-state index is 0.0492. The number of aromatic nitrogens is 1.